The Kier molecular flexibility index (Phi) is 10.5. The highest BCUT2D eigenvalue weighted by molar-refractivity contribution is 6.32. The zero-order valence-corrected chi connectivity index (χ0v) is 26.6. The number of carbonyl (C=O) groups is 2. The summed E-state index contributed by atoms with van der Waals surface area (Å²) in [5.41, 5.74) is 5.73. The maximum atomic E-state index is 11.8. The van der Waals surface area contributed by atoms with E-state index in [1.54, 1.807) is 30.3 Å². The molecule has 1 aliphatic rings. The molecule has 1 aliphatic heterocycles. The summed E-state index contributed by atoms with van der Waals surface area (Å²) in [7, 11) is 1.53. The summed E-state index contributed by atoms with van der Waals surface area (Å²) >= 11 is 6.70. The summed E-state index contributed by atoms with van der Waals surface area (Å²) in [5, 5.41) is 28.5. The monoisotopic (exact) mass is 656 g/mol. The van der Waals surface area contributed by atoms with E-state index in [-0.39, 0.29) is 24.8 Å². The predicted molar refractivity (Wildman–Crippen MR) is 174 cm³/mol. The van der Waals surface area contributed by atoms with Crippen molar-refractivity contribution in [3.63, 3.8) is 0 Å². The molecule has 1 heterocycles. The van der Waals surface area contributed by atoms with Crippen molar-refractivity contribution in [1.82, 2.24) is 4.90 Å². The van der Waals surface area contributed by atoms with E-state index in [9.17, 15) is 25.1 Å². The van der Waals surface area contributed by atoms with Gasteiger partial charge >= 0.3 is 11.9 Å². The van der Waals surface area contributed by atoms with Crippen LogP contribution in [0.1, 0.15) is 34.2 Å². The predicted octanol–water partition coefficient (Wildman–Crippen LogP) is 6.48. The van der Waals surface area contributed by atoms with Crippen molar-refractivity contribution in [2.24, 2.45) is 0 Å². The molecule has 0 fully saturated rings. The van der Waals surface area contributed by atoms with Gasteiger partial charge in [0.15, 0.2) is 11.5 Å². The number of nitrogens with zero attached hydrogens (tertiary/aromatic N) is 2. The molecule has 2 N–H and O–H groups in total. The number of aliphatic carboxylic acids is 2. The summed E-state index contributed by atoms with van der Waals surface area (Å²) < 4.78 is 23.8. The lowest BCUT2D eigenvalue weighted by molar-refractivity contribution is -0.149. The molecule has 0 radical (unpaired) electrons. The van der Waals surface area contributed by atoms with Crippen LogP contribution in [0.3, 0.4) is 0 Å². The number of fused-ring (bicyclic) bond motifs is 1. The second kappa shape index (κ2) is 14.9. The van der Waals surface area contributed by atoms with Gasteiger partial charge in [0, 0.05) is 18.2 Å². The molecule has 1 atom stereocenters. The molecule has 0 aliphatic carbocycles. The van der Waals surface area contributed by atoms with Crippen molar-refractivity contribution in [3.05, 3.63) is 106 Å². The van der Waals surface area contributed by atoms with Gasteiger partial charge in [-0.25, -0.2) is 0 Å². The number of carboxylic acids is 2. The van der Waals surface area contributed by atoms with Crippen molar-refractivity contribution < 1.29 is 38.7 Å². The Morgan fingerprint density at radius 2 is 1.68 bits per heavy atom. The second-order valence-electron chi connectivity index (χ2n) is 11.1. The Balaban J connectivity index is 1.40. The first-order chi connectivity index (χ1) is 22.6. The first-order valence-corrected chi connectivity index (χ1v) is 15.2. The van der Waals surface area contributed by atoms with Crippen molar-refractivity contribution >= 4 is 23.5 Å². The lowest BCUT2D eigenvalue weighted by atomic mass is 9.96. The van der Waals surface area contributed by atoms with Crippen LogP contribution in [0.25, 0.3) is 11.1 Å². The molecule has 0 saturated heterocycles. The molecule has 4 aromatic rings. The van der Waals surface area contributed by atoms with Gasteiger partial charge in [0.2, 0.25) is 0 Å². The molecule has 11 heteroatoms. The van der Waals surface area contributed by atoms with Gasteiger partial charge in [0.25, 0.3) is 0 Å². The topological polar surface area (TPSA) is 139 Å². The van der Waals surface area contributed by atoms with E-state index in [1.807, 2.05) is 49.4 Å². The molecule has 47 heavy (non-hydrogen) atoms. The third kappa shape index (κ3) is 8.14. The molecule has 10 nitrogen and oxygen atoms in total. The minimum absolute atomic E-state index is 0.0362. The summed E-state index contributed by atoms with van der Waals surface area (Å²) in [4.78, 5) is 24.6. The van der Waals surface area contributed by atoms with Crippen molar-refractivity contribution in [2.75, 3.05) is 20.3 Å². The van der Waals surface area contributed by atoms with E-state index < -0.39 is 24.4 Å². The summed E-state index contributed by atoms with van der Waals surface area (Å²) in [6.07, 6.45) is -0.581. The van der Waals surface area contributed by atoms with Crippen LogP contribution in [0.4, 0.5) is 0 Å². The highest BCUT2D eigenvalue weighted by atomic mass is 35.5. The molecular weight excluding hydrogens is 624 g/mol. The van der Waals surface area contributed by atoms with E-state index in [2.05, 4.69) is 6.07 Å². The van der Waals surface area contributed by atoms with E-state index in [0.29, 0.717) is 41.6 Å². The Morgan fingerprint density at radius 1 is 0.936 bits per heavy atom. The molecule has 0 aromatic heterocycles. The summed E-state index contributed by atoms with van der Waals surface area (Å²) in [6.45, 7) is 3.39. The minimum atomic E-state index is -1.27. The molecule has 0 spiro atoms. The number of benzene rings is 4. The fourth-order valence-corrected chi connectivity index (χ4v) is 5.57. The zero-order chi connectivity index (χ0) is 33.5. The van der Waals surface area contributed by atoms with Gasteiger partial charge in [-0.1, -0.05) is 48.0 Å². The van der Waals surface area contributed by atoms with Crippen LogP contribution in [-0.2, 0) is 29.3 Å². The molecule has 0 bridgehead atoms. The normalized spacial score (nSPS) is 12.7. The first kappa shape index (κ1) is 33.1. The molecule has 242 valence electrons. The number of hydrogen-bond donors (Lipinski definition) is 2. The van der Waals surface area contributed by atoms with Gasteiger partial charge < -0.3 is 29.2 Å². The van der Waals surface area contributed by atoms with Crippen molar-refractivity contribution in [1.29, 1.82) is 5.26 Å². The Labute approximate surface area is 277 Å². The smallest absolute Gasteiger partial charge is 0.321 e. The number of hydrogen-bond acceptors (Lipinski definition) is 8. The Morgan fingerprint density at radius 3 is 2.43 bits per heavy atom. The largest absolute Gasteiger partial charge is 0.488 e. The van der Waals surface area contributed by atoms with E-state index in [4.69, 9.17) is 30.5 Å². The third-order valence-electron chi connectivity index (χ3n) is 7.85. The van der Waals surface area contributed by atoms with Gasteiger partial charge in [0.05, 0.1) is 23.1 Å². The van der Waals surface area contributed by atoms with Crippen LogP contribution in [0, 0.1) is 18.3 Å². The SMILES string of the molecule is Cc1c(COc2cc(OCc3cccc(C#N)c3)c(CN(C)C(CC(=O)O)C(=O)O)cc2Cl)cccc1-c1ccc2c(c1)OCCO2. The van der Waals surface area contributed by atoms with Crippen LogP contribution < -0.4 is 18.9 Å². The molecular formula is C36H33ClN2O8. The number of rotatable bonds is 13. The van der Waals surface area contributed by atoms with E-state index in [1.165, 1.54) is 11.9 Å². The van der Waals surface area contributed by atoms with Crippen LogP contribution in [0.5, 0.6) is 23.0 Å². The molecule has 0 saturated carbocycles. The number of nitriles is 1. The van der Waals surface area contributed by atoms with Gasteiger partial charge in [0.1, 0.15) is 44.0 Å². The quantitative estimate of drug-likeness (QED) is 0.164. The average Bonchev–Trinajstić information content (AvgIpc) is 3.06. The lowest BCUT2D eigenvalue weighted by Gasteiger charge is -2.25. The number of ether oxygens (including phenoxy) is 4. The molecule has 4 aromatic carbocycles. The van der Waals surface area contributed by atoms with Crippen molar-refractivity contribution in [3.8, 4) is 40.2 Å². The van der Waals surface area contributed by atoms with Crippen LogP contribution in [-0.4, -0.2) is 53.4 Å². The minimum Gasteiger partial charge on any atom is -0.488 e. The number of halogens is 1. The maximum Gasteiger partial charge on any atom is 0.321 e. The molecule has 1 unspecified atom stereocenters. The van der Waals surface area contributed by atoms with E-state index in [0.717, 1.165) is 33.6 Å². The lowest BCUT2D eigenvalue weighted by Crippen LogP contribution is -2.39. The van der Waals surface area contributed by atoms with Gasteiger partial charge in [-0.15, -0.1) is 0 Å². The second-order valence-corrected chi connectivity index (χ2v) is 11.5. The van der Waals surface area contributed by atoms with Crippen LogP contribution >= 0.6 is 11.6 Å². The maximum absolute atomic E-state index is 11.8. The zero-order valence-electron chi connectivity index (χ0n) is 25.9. The molecule has 0 amide bonds. The van der Waals surface area contributed by atoms with Crippen molar-refractivity contribution in [2.45, 2.75) is 39.1 Å². The Hall–Kier alpha value is -5.24. The summed E-state index contributed by atoms with van der Waals surface area (Å²) in [6, 6.07) is 22.9. The average molecular weight is 657 g/mol. The fourth-order valence-electron chi connectivity index (χ4n) is 5.33. The third-order valence-corrected chi connectivity index (χ3v) is 8.15. The van der Waals surface area contributed by atoms with Crippen LogP contribution in [0.15, 0.2) is 72.8 Å². The number of carboxylic acid groups (broad SMARTS) is 2. The summed E-state index contributed by atoms with van der Waals surface area (Å²) in [5.74, 6) is -0.337. The van der Waals surface area contributed by atoms with Gasteiger partial charge in [-0.05, 0) is 72.1 Å². The Bertz CT molecular complexity index is 1840. The molecule has 5 rings (SSSR count). The van der Waals surface area contributed by atoms with E-state index >= 15 is 0 Å². The number of likely N-dealkylation sites (N-methyl/N-ethyl adjacent to an activating group) is 1. The van der Waals surface area contributed by atoms with Gasteiger partial charge in [-0.3, -0.25) is 14.5 Å². The van der Waals surface area contributed by atoms with Crippen LogP contribution in [0.2, 0.25) is 5.02 Å². The standard InChI is InChI=1S/C36H33ClN2O8/c1-22-26(7-4-8-28(22)25-9-10-31-34(15-25)45-12-11-44-31)21-47-33-17-32(46-20-24-6-3-5-23(13-24)18-38)27(14-29(33)37)19-39(2)30(36(42)43)16-35(40)41/h3-10,13-15,17,30H,11-12,16,19-21H2,1-2H3,(H,40,41)(H,42,43). The highest BCUT2D eigenvalue weighted by Gasteiger charge is 2.27. The fraction of sp³-hybridized carbons (Fsp3) is 0.250. The highest BCUT2D eigenvalue weighted by Crippen LogP contribution is 2.38. The first-order valence-electron chi connectivity index (χ1n) is 14.8. The van der Waals surface area contributed by atoms with Gasteiger partial charge in [-0.2, -0.15) is 5.26 Å².